The molecule has 3 amide bonds. The number of piperazine rings is 1. The quantitative estimate of drug-likeness (QED) is 0.452. The number of hydrogen-bond acceptors (Lipinski definition) is 5. The fraction of sp³-hybridized carbons (Fsp3) is 0.276. The molecule has 39 heavy (non-hydrogen) atoms. The Morgan fingerprint density at radius 2 is 1.49 bits per heavy atom. The maximum Gasteiger partial charge on any atom is 0.254 e. The molecular formula is C29H30F2N4O4. The molecule has 0 spiro atoms. The predicted octanol–water partition coefficient (Wildman–Crippen LogP) is 3.65. The van der Waals surface area contributed by atoms with Crippen LogP contribution in [-0.4, -0.2) is 80.5 Å². The van der Waals surface area contributed by atoms with Gasteiger partial charge in [-0.3, -0.25) is 14.4 Å². The van der Waals surface area contributed by atoms with Crippen molar-refractivity contribution in [2.45, 2.75) is 0 Å². The molecule has 0 aliphatic carbocycles. The number of nitrogens with zero attached hydrogens (tertiary/aromatic N) is 3. The van der Waals surface area contributed by atoms with Crippen LogP contribution in [0.25, 0.3) is 0 Å². The van der Waals surface area contributed by atoms with Gasteiger partial charge in [0.15, 0.2) is 0 Å². The lowest BCUT2D eigenvalue weighted by Gasteiger charge is -2.36. The second-order valence-electron chi connectivity index (χ2n) is 9.11. The lowest BCUT2D eigenvalue weighted by Crippen LogP contribution is -2.48. The predicted molar refractivity (Wildman–Crippen MR) is 144 cm³/mol. The minimum absolute atomic E-state index is 0.154. The first-order chi connectivity index (χ1) is 18.8. The maximum atomic E-state index is 13.6. The number of benzene rings is 3. The van der Waals surface area contributed by atoms with E-state index in [9.17, 15) is 23.2 Å². The number of rotatable bonds is 9. The van der Waals surface area contributed by atoms with Crippen molar-refractivity contribution in [1.82, 2.24) is 9.80 Å². The summed E-state index contributed by atoms with van der Waals surface area (Å²) >= 11 is 0. The standard InChI is InChI=1S/C29H30F2N4O4/c1-39-17-16-35(29(38)22-5-3-7-24(31)19-22)20-27(36)32-25-8-10-26(11-9-25)33-12-14-34(15-13-33)28(37)21-4-2-6-23(30)18-21/h2-11,18-19H,12-17,20H2,1H3,(H,32,36). The van der Waals surface area contributed by atoms with Gasteiger partial charge in [-0.05, 0) is 60.7 Å². The van der Waals surface area contributed by atoms with Gasteiger partial charge in [0.05, 0.1) is 6.61 Å². The molecule has 0 saturated carbocycles. The average Bonchev–Trinajstić information content (AvgIpc) is 2.95. The zero-order chi connectivity index (χ0) is 27.8. The molecule has 0 atom stereocenters. The highest BCUT2D eigenvalue weighted by Gasteiger charge is 2.23. The molecule has 1 aliphatic heterocycles. The van der Waals surface area contributed by atoms with E-state index >= 15 is 0 Å². The van der Waals surface area contributed by atoms with Crippen LogP contribution >= 0.6 is 0 Å². The third-order valence-corrected chi connectivity index (χ3v) is 6.41. The Balaban J connectivity index is 1.31. The van der Waals surface area contributed by atoms with Gasteiger partial charge in [0.2, 0.25) is 5.91 Å². The number of carbonyl (C=O) groups is 3. The number of hydrogen-bond donors (Lipinski definition) is 1. The number of ether oxygens (including phenoxy) is 1. The molecule has 3 aromatic rings. The highest BCUT2D eigenvalue weighted by Crippen LogP contribution is 2.21. The first-order valence-electron chi connectivity index (χ1n) is 12.6. The Labute approximate surface area is 225 Å². The summed E-state index contributed by atoms with van der Waals surface area (Å²) in [4.78, 5) is 43.4. The topological polar surface area (TPSA) is 82.2 Å². The van der Waals surface area contributed by atoms with E-state index in [1.165, 1.54) is 48.4 Å². The minimum Gasteiger partial charge on any atom is -0.383 e. The Kier molecular flexibility index (Phi) is 9.22. The number of amides is 3. The third-order valence-electron chi connectivity index (χ3n) is 6.41. The second-order valence-corrected chi connectivity index (χ2v) is 9.11. The summed E-state index contributed by atoms with van der Waals surface area (Å²) in [5.41, 5.74) is 1.99. The minimum atomic E-state index is -0.531. The molecule has 1 saturated heterocycles. The molecule has 1 aliphatic rings. The van der Waals surface area contributed by atoms with E-state index < -0.39 is 23.4 Å². The van der Waals surface area contributed by atoms with Gasteiger partial charge in [-0.2, -0.15) is 0 Å². The van der Waals surface area contributed by atoms with Gasteiger partial charge in [0, 0.05) is 62.3 Å². The zero-order valence-electron chi connectivity index (χ0n) is 21.6. The van der Waals surface area contributed by atoms with Gasteiger partial charge in [-0.1, -0.05) is 12.1 Å². The van der Waals surface area contributed by atoms with E-state index in [-0.39, 0.29) is 31.2 Å². The monoisotopic (exact) mass is 536 g/mol. The number of carbonyl (C=O) groups excluding carboxylic acids is 3. The van der Waals surface area contributed by atoms with Crippen molar-refractivity contribution in [3.05, 3.63) is 95.6 Å². The Bertz CT molecular complexity index is 1310. The van der Waals surface area contributed by atoms with E-state index in [0.29, 0.717) is 37.4 Å². The molecule has 1 heterocycles. The van der Waals surface area contributed by atoms with Crippen LogP contribution < -0.4 is 10.2 Å². The van der Waals surface area contributed by atoms with Crippen molar-refractivity contribution in [2.24, 2.45) is 0 Å². The number of anilines is 2. The van der Waals surface area contributed by atoms with Crippen molar-refractivity contribution in [3.63, 3.8) is 0 Å². The van der Waals surface area contributed by atoms with Crippen molar-refractivity contribution in [3.8, 4) is 0 Å². The lowest BCUT2D eigenvalue weighted by atomic mass is 10.1. The first-order valence-corrected chi connectivity index (χ1v) is 12.6. The Hall–Kier alpha value is -4.31. The molecular weight excluding hydrogens is 506 g/mol. The highest BCUT2D eigenvalue weighted by molar-refractivity contribution is 5.99. The number of nitrogens with one attached hydrogen (secondary N) is 1. The molecule has 3 aromatic carbocycles. The van der Waals surface area contributed by atoms with E-state index in [2.05, 4.69) is 10.2 Å². The van der Waals surface area contributed by atoms with Crippen molar-refractivity contribution >= 4 is 29.1 Å². The summed E-state index contributed by atoms with van der Waals surface area (Å²) in [6.45, 7) is 2.42. The second kappa shape index (κ2) is 13.0. The molecule has 0 radical (unpaired) electrons. The van der Waals surface area contributed by atoms with Gasteiger partial charge < -0.3 is 24.8 Å². The zero-order valence-corrected chi connectivity index (χ0v) is 21.6. The van der Waals surface area contributed by atoms with Crippen LogP contribution in [0.4, 0.5) is 20.2 Å². The van der Waals surface area contributed by atoms with Gasteiger partial charge >= 0.3 is 0 Å². The number of methoxy groups -OCH3 is 1. The molecule has 1 fully saturated rings. The maximum absolute atomic E-state index is 13.6. The largest absolute Gasteiger partial charge is 0.383 e. The van der Waals surface area contributed by atoms with E-state index in [1.807, 2.05) is 12.1 Å². The summed E-state index contributed by atoms with van der Waals surface area (Å²) in [6.07, 6.45) is 0. The number of halogens is 2. The first kappa shape index (κ1) is 27.7. The summed E-state index contributed by atoms with van der Waals surface area (Å²) in [5.74, 6) is -2.02. The van der Waals surface area contributed by atoms with Crippen LogP contribution in [0.5, 0.6) is 0 Å². The van der Waals surface area contributed by atoms with Crippen LogP contribution in [-0.2, 0) is 9.53 Å². The molecule has 0 unspecified atom stereocenters. The fourth-order valence-electron chi connectivity index (χ4n) is 4.36. The Morgan fingerprint density at radius 1 is 0.872 bits per heavy atom. The Morgan fingerprint density at radius 3 is 2.10 bits per heavy atom. The molecule has 10 heteroatoms. The third kappa shape index (κ3) is 7.38. The summed E-state index contributed by atoms with van der Waals surface area (Å²) < 4.78 is 32.1. The van der Waals surface area contributed by atoms with Crippen molar-refractivity contribution in [1.29, 1.82) is 0 Å². The SMILES string of the molecule is COCCN(CC(=O)Nc1ccc(N2CCN(C(=O)c3cccc(F)c3)CC2)cc1)C(=O)c1cccc(F)c1. The van der Waals surface area contributed by atoms with Crippen LogP contribution in [0.3, 0.4) is 0 Å². The molecule has 4 rings (SSSR count). The van der Waals surface area contributed by atoms with Crippen LogP contribution in [0, 0.1) is 11.6 Å². The van der Waals surface area contributed by atoms with E-state index in [1.54, 1.807) is 23.1 Å². The summed E-state index contributed by atoms with van der Waals surface area (Å²) in [6, 6.07) is 18.3. The van der Waals surface area contributed by atoms with E-state index in [0.717, 1.165) is 11.8 Å². The lowest BCUT2D eigenvalue weighted by molar-refractivity contribution is -0.117. The highest BCUT2D eigenvalue weighted by atomic mass is 19.1. The summed E-state index contributed by atoms with van der Waals surface area (Å²) in [7, 11) is 1.49. The smallest absolute Gasteiger partial charge is 0.254 e. The fourth-order valence-corrected chi connectivity index (χ4v) is 4.36. The van der Waals surface area contributed by atoms with Crippen LogP contribution in [0.2, 0.25) is 0 Å². The van der Waals surface area contributed by atoms with E-state index in [4.69, 9.17) is 4.74 Å². The van der Waals surface area contributed by atoms with Crippen molar-refractivity contribution in [2.75, 3.05) is 63.2 Å². The van der Waals surface area contributed by atoms with Gasteiger partial charge in [0.1, 0.15) is 18.2 Å². The molecule has 0 aromatic heterocycles. The molecule has 204 valence electrons. The molecule has 8 nitrogen and oxygen atoms in total. The molecule has 1 N–H and O–H groups in total. The average molecular weight is 537 g/mol. The van der Waals surface area contributed by atoms with Gasteiger partial charge in [-0.15, -0.1) is 0 Å². The van der Waals surface area contributed by atoms with Gasteiger partial charge in [0.25, 0.3) is 11.8 Å². The normalized spacial score (nSPS) is 13.2. The molecule has 0 bridgehead atoms. The van der Waals surface area contributed by atoms with Gasteiger partial charge in [-0.25, -0.2) is 8.78 Å². The van der Waals surface area contributed by atoms with Crippen LogP contribution in [0.1, 0.15) is 20.7 Å². The van der Waals surface area contributed by atoms with Crippen LogP contribution in [0.15, 0.2) is 72.8 Å². The van der Waals surface area contributed by atoms with Crippen molar-refractivity contribution < 1.29 is 27.9 Å². The summed E-state index contributed by atoms with van der Waals surface area (Å²) in [5, 5.41) is 2.79.